The fourth-order valence-electron chi connectivity index (χ4n) is 1.56. The van der Waals surface area contributed by atoms with Crippen LogP contribution >= 0.6 is 0 Å². The molecule has 0 fully saturated rings. The van der Waals surface area contributed by atoms with Gasteiger partial charge >= 0.3 is 0 Å². The van der Waals surface area contributed by atoms with Crippen LogP contribution in [0.1, 0.15) is 11.3 Å². The number of benzene rings is 1. The van der Waals surface area contributed by atoms with Gasteiger partial charge in [-0.2, -0.15) is 5.26 Å². The molecule has 0 spiro atoms. The van der Waals surface area contributed by atoms with Gasteiger partial charge in [-0.3, -0.25) is 15.1 Å². The van der Waals surface area contributed by atoms with Crippen LogP contribution in [-0.2, 0) is 0 Å². The van der Waals surface area contributed by atoms with Crippen molar-refractivity contribution in [3.05, 3.63) is 57.9 Å². The smallest absolute Gasteiger partial charge is 0.289 e. The molecule has 0 amide bonds. The number of nitro benzene ring substituents is 1. The summed E-state index contributed by atoms with van der Waals surface area (Å²) < 4.78 is 0. The first-order valence-corrected chi connectivity index (χ1v) is 5.48. The molecule has 0 saturated carbocycles. The number of rotatable bonds is 3. The monoisotopic (exact) mass is 254 g/mol. The summed E-state index contributed by atoms with van der Waals surface area (Å²) in [6, 6.07) is 9.82. The Kier molecular flexibility index (Phi) is 3.39. The van der Waals surface area contributed by atoms with E-state index < -0.39 is 4.92 Å². The standard InChI is InChI=1S/C13H10N4O2/c1-9-2-4-12(8-15-9)16-11-5-3-10(7-14)13(6-11)17(18)19/h2-6,8,16H,1H3. The van der Waals surface area contributed by atoms with Crippen LogP contribution in [0.3, 0.4) is 0 Å². The lowest BCUT2D eigenvalue weighted by atomic mass is 10.1. The van der Waals surface area contributed by atoms with Gasteiger partial charge in [-0.05, 0) is 31.2 Å². The van der Waals surface area contributed by atoms with E-state index in [1.807, 2.05) is 19.1 Å². The number of nitro groups is 1. The molecule has 94 valence electrons. The van der Waals surface area contributed by atoms with Gasteiger partial charge in [0, 0.05) is 17.4 Å². The van der Waals surface area contributed by atoms with E-state index >= 15 is 0 Å². The Morgan fingerprint density at radius 2 is 2.05 bits per heavy atom. The van der Waals surface area contributed by atoms with Gasteiger partial charge in [0.25, 0.3) is 5.69 Å². The summed E-state index contributed by atoms with van der Waals surface area (Å²) in [5.41, 5.74) is 1.97. The van der Waals surface area contributed by atoms with Gasteiger partial charge in [-0.25, -0.2) is 0 Å². The molecule has 0 bridgehead atoms. The maximum absolute atomic E-state index is 10.8. The van der Waals surface area contributed by atoms with Gasteiger partial charge in [0.1, 0.15) is 11.6 Å². The Morgan fingerprint density at radius 3 is 2.63 bits per heavy atom. The molecule has 1 aromatic carbocycles. The van der Waals surface area contributed by atoms with Crippen molar-refractivity contribution in [2.45, 2.75) is 6.92 Å². The number of aromatic nitrogens is 1. The number of nitrogens with one attached hydrogen (secondary N) is 1. The molecule has 1 heterocycles. The molecule has 0 aliphatic carbocycles. The summed E-state index contributed by atoms with van der Waals surface area (Å²) in [5, 5.41) is 22.6. The average Bonchev–Trinajstić information content (AvgIpc) is 2.41. The van der Waals surface area contributed by atoms with E-state index in [0.717, 1.165) is 11.4 Å². The highest BCUT2D eigenvalue weighted by Gasteiger charge is 2.14. The molecule has 0 saturated heterocycles. The van der Waals surface area contributed by atoms with E-state index in [-0.39, 0.29) is 11.3 Å². The number of nitriles is 1. The molecule has 0 aliphatic heterocycles. The first-order chi connectivity index (χ1) is 9.10. The number of nitrogens with zero attached hydrogens (tertiary/aromatic N) is 3. The van der Waals surface area contributed by atoms with E-state index in [1.165, 1.54) is 12.1 Å². The Hall–Kier alpha value is -2.94. The highest BCUT2D eigenvalue weighted by atomic mass is 16.6. The molecule has 19 heavy (non-hydrogen) atoms. The van der Waals surface area contributed by atoms with Crippen LogP contribution in [0, 0.1) is 28.4 Å². The van der Waals surface area contributed by atoms with Gasteiger partial charge in [-0.1, -0.05) is 0 Å². The molecule has 6 nitrogen and oxygen atoms in total. The van der Waals surface area contributed by atoms with Crippen molar-refractivity contribution >= 4 is 17.1 Å². The SMILES string of the molecule is Cc1ccc(Nc2ccc(C#N)c([N+](=O)[O-])c2)cn1. The molecule has 6 heteroatoms. The molecule has 0 radical (unpaired) electrons. The van der Waals surface area contributed by atoms with E-state index in [4.69, 9.17) is 5.26 Å². The van der Waals surface area contributed by atoms with Crippen LogP contribution in [0.4, 0.5) is 17.1 Å². The molecule has 2 aromatic rings. The predicted octanol–water partition coefficient (Wildman–Crippen LogP) is 2.91. The van der Waals surface area contributed by atoms with Crippen molar-refractivity contribution in [1.82, 2.24) is 4.98 Å². The summed E-state index contributed by atoms with van der Waals surface area (Å²) in [5.74, 6) is 0. The zero-order chi connectivity index (χ0) is 13.8. The first kappa shape index (κ1) is 12.5. The predicted molar refractivity (Wildman–Crippen MR) is 70.1 cm³/mol. The average molecular weight is 254 g/mol. The maximum atomic E-state index is 10.8. The van der Waals surface area contributed by atoms with E-state index in [2.05, 4.69) is 10.3 Å². The van der Waals surface area contributed by atoms with Crippen LogP contribution in [0.2, 0.25) is 0 Å². The Balaban J connectivity index is 2.31. The normalized spacial score (nSPS) is 9.68. The molecule has 2 rings (SSSR count). The number of hydrogen-bond donors (Lipinski definition) is 1. The van der Waals surface area contributed by atoms with Crippen LogP contribution in [0.5, 0.6) is 0 Å². The molecular weight excluding hydrogens is 244 g/mol. The second-order valence-electron chi connectivity index (χ2n) is 3.91. The van der Waals surface area contributed by atoms with Crippen LogP contribution < -0.4 is 5.32 Å². The summed E-state index contributed by atoms with van der Waals surface area (Å²) in [7, 11) is 0. The summed E-state index contributed by atoms with van der Waals surface area (Å²) >= 11 is 0. The van der Waals surface area contributed by atoms with Crippen molar-refractivity contribution in [2.75, 3.05) is 5.32 Å². The molecule has 1 aromatic heterocycles. The van der Waals surface area contributed by atoms with Gasteiger partial charge in [-0.15, -0.1) is 0 Å². The Labute approximate surface area is 109 Å². The second kappa shape index (κ2) is 5.14. The van der Waals surface area contributed by atoms with Crippen LogP contribution in [0.15, 0.2) is 36.5 Å². The van der Waals surface area contributed by atoms with Crippen molar-refractivity contribution < 1.29 is 4.92 Å². The zero-order valence-electron chi connectivity index (χ0n) is 10.1. The minimum absolute atomic E-state index is 0.0394. The van der Waals surface area contributed by atoms with Crippen LogP contribution in [-0.4, -0.2) is 9.91 Å². The fraction of sp³-hybridized carbons (Fsp3) is 0.0769. The lowest BCUT2D eigenvalue weighted by Gasteiger charge is -2.06. The molecule has 0 unspecified atom stereocenters. The lowest BCUT2D eigenvalue weighted by Crippen LogP contribution is -1.96. The topological polar surface area (TPSA) is 91.8 Å². The van der Waals surface area contributed by atoms with Crippen LogP contribution in [0.25, 0.3) is 0 Å². The van der Waals surface area contributed by atoms with Gasteiger partial charge in [0.2, 0.25) is 0 Å². The zero-order valence-corrected chi connectivity index (χ0v) is 10.1. The van der Waals surface area contributed by atoms with E-state index in [9.17, 15) is 10.1 Å². The first-order valence-electron chi connectivity index (χ1n) is 5.48. The Bertz CT molecular complexity index is 659. The van der Waals surface area contributed by atoms with E-state index in [1.54, 1.807) is 18.3 Å². The quantitative estimate of drug-likeness (QED) is 0.671. The van der Waals surface area contributed by atoms with Gasteiger partial charge in [0.05, 0.1) is 16.8 Å². The van der Waals surface area contributed by atoms with Crippen molar-refractivity contribution in [3.8, 4) is 6.07 Å². The molecule has 0 atom stereocenters. The molecule has 0 aliphatic rings. The summed E-state index contributed by atoms with van der Waals surface area (Å²) in [6.07, 6.45) is 1.64. The third-order valence-corrected chi connectivity index (χ3v) is 2.51. The number of pyridine rings is 1. The number of aryl methyl sites for hydroxylation is 1. The Morgan fingerprint density at radius 1 is 1.32 bits per heavy atom. The third kappa shape index (κ3) is 2.84. The summed E-state index contributed by atoms with van der Waals surface area (Å²) in [6.45, 7) is 1.87. The maximum Gasteiger partial charge on any atom is 0.289 e. The number of hydrogen-bond acceptors (Lipinski definition) is 5. The molecule has 1 N–H and O–H groups in total. The highest BCUT2D eigenvalue weighted by molar-refractivity contribution is 5.65. The molecular formula is C13H10N4O2. The summed E-state index contributed by atoms with van der Waals surface area (Å²) in [4.78, 5) is 14.4. The third-order valence-electron chi connectivity index (χ3n) is 2.51. The number of anilines is 2. The van der Waals surface area contributed by atoms with E-state index in [0.29, 0.717) is 5.69 Å². The van der Waals surface area contributed by atoms with Crippen molar-refractivity contribution in [1.29, 1.82) is 5.26 Å². The minimum atomic E-state index is -0.572. The van der Waals surface area contributed by atoms with Crippen molar-refractivity contribution in [3.63, 3.8) is 0 Å². The highest BCUT2D eigenvalue weighted by Crippen LogP contribution is 2.24. The lowest BCUT2D eigenvalue weighted by molar-refractivity contribution is -0.385. The minimum Gasteiger partial charge on any atom is -0.354 e. The second-order valence-corrected chi connectivity index (χ2v) is 3.91. The van der Waals surface area contributed by atoms with Crippen molar-refractivity contribution in [2.24, 2.45) is 0 Å². The van der Waals surface area contributed by atoms with Gasteiger partial charge < -0.3 is 5.32 Å². The fourth-order valence-corrected chi connectivity index (χ4v) is 1.56. The van der Waals surface area contributed by atoms with Gasteiger partial charge in [0.15, 0.2) is 0 Å². The largest absolute Gasteiger partial charge is 0.354 e.